The largest absolute Gasteiger partial charge is 0.480 e. The van der Waals surface area contributed by atoms with Crippen LogP contribution < -0.4 is 15.0 Å². The van der Waals surface area contributed by atoms with E-state index in [0.717, 1.165) is 0 Å². The molecule has 110 valence electrons. The Kier molecular flexibility index (Phi) is 3.60. The first-order valence-corrected chi connectivity index (χ1v) is 6.58. The molecule has 8 heteroatoms. The Morgan fingerprint density at radius 2 is 2.43 bits per heavy atom. The van der Waals surface area contributed by atoms with Crippen molar-refractivity contribution in [1.29, 1.82) is 5.26 Å². The molecule has 1 saturated heterocycles. The second-order valence-electron chi connectivity index (χ2n) is 4.79. The van der Waals surface area contributed by atoms with Crippen LogP contribution in [0.25, 0.3) is 0 Å². The topological polar surface area (TPSA) is 108 Å². The molecule has 1 amide bonds. The summed E-state index contributed by atoms with van der Waals surface area (Å²) in [5.74, 6) is 1.04. The summed E-state index contributed by atoms with van der Waals surface area (Å²) in [7, 11) is 0. The lowest BCUT2D eigenvalue weighted by Crippen LogP contribution is -2.32. The summed E-state index contributed by atoms with van der Waals surface area (Å²) < 4.78 is 10.6. The molecular formula is C13H14N4O4. The van der Waals surface area contributed by atoms with Gasteiger partial charge in [0.25, 0.3) is 5.91 Å². The highest BCUT2D eigenvalue weighted by atomic mass is 16.6. The van der Waals surface area contributed by atoms with Crippen LogP contribution in [-0.2, 0) is 9.53 Å². The molecule has 0 aromatic carbocycles. The van der Waals surface area contributed by atoms with Crippen LogP contribution in [0, 0.1) is 11.3 Å². The molecule has 2 N–H and O–H groups in total. The molecule has 1 aromatic heterocycles. The lowest BCUT2D eigenvalue weighted by Gasteiger charge is -2.22. The maximum atomic E-state index is 11.3. The van der Waals surface area contributed by atoms with Crippen molar-refractivity contribution in [3.05, 3.63) is 12.1 Å². The van der Waals surface area contributed by atoms with Gasteiger partial charge in [-0.3, -0.25) is 4.79 Å². The van der Waals surface area contributed by atoms with E-state index in [2.05, 4.69) is 16.4 Å². The summed E-state index contributed by atoms with van der Waals surface area (Å²) in [5.41, 5.74) is 0. The van der Waals surface area contributed by atoms with Gasteiger partial charge in [0.2, 0.25) is 6.41 Å². The summed E-state index contributed by atoms with van der Waals surface area (Å²) in [6, 6.07) is 5.43. The van der Waals surface area contributed by atoms with Crippen LogP contribution in [0.1, 0.15) is 12.8 Å². The van der Waals surface area contributed by atoms with E-state index in [1.54, 1.807) is 17.0 Å². The van der Waals surface area contributed by atoms with Crippen molar-refractivity contribution in [2.24, 2.45) is 0 Å². The Balaban J connectivity index is 1.76. The number of amides is 1. The summed E-state index contributed by atoms with van der Waals surface area (Å²) in [5, 5.41) is 21.1. The molecule has 1 aromatic rings. The first-order valence-electron chi connectivity index (χ1n) is 6.58. The molecule has 2 aliphatic rings. The summed E-state index contributed by atoms with van der Waals surface area (Å²) in [6.07, 6.45) is -0.413. The monoisotopic (exact) mass is 290 g/mol. The summed E-state index contributed by atoms with van der Waals surface area (Å²) >= 11 is 0. The number of hydrogen-bond donors (Lipinski definition) is 2. The smallest absolute Gasteiger partial charge is 0.263 e. The Bertz CT molecular complexity index is 600. The SMILES string of the molecule is N#CCCC1CN(c2ccc3c(n2)NC(=O)CO3)C(O)O1. The number of carbonyl (C=O) groups is 1. The first-order chi connectivity index (χ1) is 10.2. The van der Waals surface area contributed by atoms with Crippen molar-refractivity contribution < 1.29 is 19.4 Å². The zero-order chi connectivity index (χ0) is 14.8. The molecule has 2 unspecified atom stereocenters. The molecule has 0 aliphatic carbocycles. The average Bonchev–Trinajstić information content (AvgIpc) is 2.85. The second-order valence-corrected chi connectivity index (χ2v) is 4.79. The number of hydrogen-bond acceptors (Lipinski definition) is 7. The fourth-order valence-electron chi connectivity index (χ4n) is 2.30. The lowest BCUT2D eigenvalue weighted by molar-refractivity contribution is -0.118. The van der Waals surface area contributed by atoms with E-state index in [4.69, 9.17) is 14.7 Å². The van der Waals surface area contributed by atoms with Gasteiger partial charge in [0, 0.05) is 6.42 Å². The lowest BCUT2D eigenvalue weighted by atomic mass is 10.2. The quantitative estimate of drug-likeness (QED) is 0.818. The van der Waals surface area contributed by atoms with Gasteiger partial charge in [-0.25, -0.2) is 4.98 Å². The molecule has 21 heavy (non-hydrogen) atoms. The van der Waals surface area contributed by atoms with Crippen molar-refractivity contribution in [3.63, 3.8) is 0 Å². The molecule has 3 heterocycles. The zero-order valence-corrected chi connectivity index (χ0v) is 11.2. The number of fused-ring (bicyclic) bond motifs is 1. The van der Waals surface area contributed by atoms with E-state index in [9.17, 15) is 9.90 Å². The van der Waals surface area contributed by atoms with Crippen LogP contribution in [0.4, 0.5) is 11.6 Å². The van der Waals surface area contributed by atoms with Gasteiger partial charge in [0.1, 0.15) is 5.82 Å². The molecular weight excluding hydrogens is 276 g/mol. The Hall–Kier alpha value is -2.37. The number of nitriles is 1. The van der Waals surface area contributed by atoms with Crippen molar-refractivity contribution in [2.75, 3.05) is 23.4 Å². The number of rotatable bonds is 3. The minimum atomic E-state index is -1.11. The number of carbonyl (C=O) groups excluding carboxylic acids is 1. The van der Waals surface area contributed by atoms with Crippen molar-refractivity contribution in [2.45, 2.75) is 25.4 Å². The van der Waals surface area contributed by atoms with Gasteiger partial charge < -0.3 is 24.8 Å². The standard InChI is InChI=1S/C13H14N4O4/c14-5-1-2-8-6-17(13(19)21-8)10-4-3-9-12(15-10)16-11(18)7-20-9/h3-4,8,13,19H,1-2,6-7H2,(H,15,16,18). The average molecular weight is 290 g/mol. The molecule has 2 aliphatic heterocycles. The van der Waals surface area contributed by atoms with Crippen LogP contribution in [0.2, 0.25) is 0 Å². The highest BCUT2D eigenvalue weighted by Gasteiger charge is 2.32. The number of nitrogens with zero attached hydrogens (tertiary/aromatic N) is 3. The van der Waals surface area contributed by atoms with Gasteiger partial charge in [0.15, 0.2) is 18.2 Å². The van der Waals surface area contributed by atoms with E-state index < -0.39 is 6.41 Å². The Labute approximate surface area is 120 Å². The summed E-state index contributed by atoms with van der Waals surface area (Å²) in [4.78, 5) is 17.1. The Morgan fingerprint density at radius 3 is 3.24 bits per heavy atom. The van der Waals surface area contributed by atoms with Gasteiger partial charge in [-0.15, -0.1) is 0 Å². The van der Waals surface area contributed by atoms with Crippen LogP contribution in [0.15, 0.2) is 12.1 Å². The van der Waals surface area contributed by atoms with Gasteiger partial charge in [-0.05, 0) is 18.6 Å². The molecule has 2 atom stereocenters. The normalized spacial score (nSPS) is 24.0. The van der Waals surface area contributed by atoms with E-state index >= 15 is 0 Å². The third kappa shape index (κ3) is 2.74. The van der Waals surface area contributed by atoms with E-state index in [1.165, 1.54) is 0 Å². The predicted molar refractivity (Wildman–Crippen MR) is 71.4 cm³/mol. The Morgan fingerprint density at radius 1 is 1.57 bits per heavy atom. The highest BCUT2D eigenvalue weighted by molar-refractivity contribution is 5.94. The minimum absolute atomic E-state index is 0.0281. The van der Waals surface area contributed by atoms with Crippen molar-refractivity contribution >= 4 is 17.5 Å². The number of pyridine rings is 1. The zero-order valence-electron chi connectivity index (χ0n) is 11.2. The van der Waals surface area contributed by atoms with Crippen molar-refractivity contribution in [3.8, 4) is 11.8 Å². The van der Waals surface area contributed by atoms with E-state index in [-0.39, 0.29) is 18.6 Å². The van der Waals surface area contributed by atoms with Crippen molar-refractivity contribution in [1.82, 2.24) is 4.98 Å². The maximum Gasteiger partial charge on any atom is 0.263 e. The second kappa shape index (κ2) is 5.55. The fourth-order valence-corrected chi connectivity index (χ4v) is 2.30. The fraction of sp³-hybridized carbons (Fsp3) is 0.462. The van der Waals surface area contributed by atoms with Gasteiger partial charge in [-0.2, -0.15) is 5.26 Å². The first kappa shape index (κ1) is 13.6. The number of aliphatic hydroxyl groups excluding tert-OH is 1. The van der Waals surface area contributed by atoms with E-state index in [0.29, 0.717) is 36.8 Å². The molecule has 3 rings (SSSR count). The summed E-state index contributed by atoms with van der Waals surface area (Å²) in [6.45, 7) is 0.406. The van der Waals surface area contributed by atoms with Gasteiger partial charge in [0.05, 0.1) is 18.7 Å². The van der Waals surface area contributed by atoms with Gasteiger partial charge in [-0.1, -0.05) is 0 Å². The molecule has 0 saturated carbocycles. The molecule has 0 radical (unpaired) electrons. The number of aliphatic hydroxyl groups is 1. The van der Waals surface area contributed by atoms with E-state index in [1.807, 2.05) is 0 Å². The maximum absolute atomic E-state index is 11.3. The predicted octanol–water partition coefficient (Wildman–Crippen LogP) is 0.197. The van der Waals surface area contributed by atoms with Crippen LogP contribution in [-0.4, -0.2) is 41.7 Å². The van der Waals surface area contributed by atoms with Crippen LogP contribution in [0.5, 0.6) is 5.75 Å². The van der Waals surface area contributed by atoms with Crippen LogP contribution >= 0.6 is 0 Å². The third-order valence-electron chi connectivity index (χ3n) is 3.31. The third-order valence-corrected chi connectivity index (χ3v) is 3.31. The van der Waals surface area contributed by atoms with Gasteiger partial charge >= 0.3 is 0 Å². The molecule has 8 nitrogen and oxygen atoms in total. The highest BCUT2D eigenvalue weighted by Crippen LogP contribution is 2.31. The number of anilines is 2. The molecule has 1 fully saturated rings. The molecule has 0 spiro atoms. The minimum Gasteiger partial charge on any atom is -0.480 e. The number of nitrogens with one attached hydrogen (secondary N) is 1. The number of aromatic nitrogens is 1. The number of ether oxygens (including phenoxy) is 2. The molecule has 0 bridgehead atoms. The van der Waals surface area contributed by atoms with Crippen LogP contribution in [0.3, 0.4) is 0 Å².